The molecule has 25 heavy (non-hydrogen) atoms. The molecule has 0 aliphatic rings. The minimum Gasteiger partial charge on any atom is -0.370 e. The van der Waals surface area contributed by atoms with Crippen LogP contribution in [-0.2, 0) is 6.18 Å². The Hall–Kier alpha value is -3.30. The lowest BCUT2D eigenvalue weighted by Crippen LogP contribution is -2.23. The van der Waals surface area contributed by atoms with E-state index < -0.39 is 11.7 Å². The molecule has 0 bridgehead atoms. The van der Waals surface area contributed by atoms with E-state index >= 15 is 0 Å². The van der Waals surface area contributed by atoms with Crippen LogP contribution in [0.25, 0.3) is 21.9 Å². The molecule has 0 saturated heterocycles. The number of alkyl halides is 3. The molecule has 0 aliphatic carbocycles. The lowest BCUT2D eigenvalue weighted by Gasteiger charge is -2.10. The second kappa shape index (κ2) is 5.65. The van der Waals surface area contributed by atoms with E-state index in [-0.39, 0.29) is 17.8 Å². The summed E-state index contributed by atoms with van der Waals surface area (Å²) >= 11 is 0. The van der Waals surface area contributed by atoms with E-state index in [4.69, 9.17) is 9.68 Å². The highest BCUT2D eigenvalue weighted by Gasteiger charge is 2.31. The Morgan fingerprint density at radius 3 is 2.76 bits per heavy atom. The number of aromatic nitrogens is 5. The van der Waals surface area contributed by atoms with Gasteiger partial charge in [-0.05, 0) is 35.5 Å². The number of halogens is 3. The Morgan fingerprint density at radius 1 is 1.04 bits per heavy atom. The van der Waals surface area contributed by atoms with Gasteiger partial charge in [-0.15, -0.1) is 5.10 Å². The van der Waals surface area contributed by atoms with Gasteiger partial charge in [0.05, 0.1) is 11.8 Å². The molecule has 0 atom stereocenters. The molecular weight excluding hydrogens is 339 g/mol. The molecule has 0 spiro atoms. The molecule has 0 N–H and O–H groups in total. The van der Waals surface area contributed by atoms with Crippen molar-refractivity contribution < 1.29 is 22.8 Å². The van der Waals surface area contributed by atoms with Crippen LogP contribution in [0.4, 0.5) is 13.2 Å². The number of rotatable bonds is 4. The van der Waals surface area contributed by atoms with Gasteiger partial charge in [0, 0.05) is 17.8 Å². The first-order valence-electron chi connectivity index (χ1n) is 7.13. The topological polar surface area (TPSA) is 67.0 Å². The number of pyridine rings is 1. The van der Waals surface area contributed by atoms with Crippen LogP contribution in [0.2, 0.25) is 0 Å². The summed E-state index contributed by atoms with van der Waals surface area (Å²) < 4.78 is 39.9. The van der Waals surface area contributed by atoms with Crippen LogP contribution in [0.3, 0.4) is 0 Å². The Kier molecular flexibility index (Phi) is 3.45. The van der Waals surface area contributed by atoms with E-state index in [1.807, 2.05) is 12.1 Å². The van der Waals surface area contributed by atoms with E-state index in [9.17, 15) is 13.2 Å². The highest BCUT2D eigenvalue weighted by molar-refractivity contribution is 5.78. The highest BCUT2D eigenvalue weighted by atomic mass is 19.4. The molecular formula is C15H10F3N5O2. The lowest BCUT2D eigenvalue weighted by atomic mass is 10.2. The average Bonchev–Trinajstić information content (AvgIpc) is 3.18. The Morgan fingerprint density at radius 2 is 1.92 bits per heavy atom. The first-order valence-corrected chi connectivity index (χ1v) is 7.13. The summed E-state index contributed by atoms with van der Waals surface area (Å²) in [6.45, 7) is -0.284. The molecule has 128 valence electrons. The van der Waals surface area contributed by atoms with E-state index in [0.717, 1.165) is 27.9 Å². The zero-order valence-electron chi connectivity index (χ0n) is 12.5. The number of fused-ring (bicyclic) bond motifs is 2. The van der Waals surface area contributed by atoms with E-state index in [1.165, 1.54) is 10.8 Å². The smallest absolute Gasteiger partial charge is 0.370 e. The third-order valence-corrected chi connectivity index (χ3v) is 3.57. The minimum atomic E-state index is -4.46. The maximum Gasteiger partial charge on any atom is 0.416 e. The lowest BCUT2D eigenvalue weighted by molar-refractivity contribution is -0.137. The summed E-state index contributed by atoms with van der Waals surface area (Å²) in [4.78, 5) is 15.6. The Balaban J connectivity index is 1.53. The van der Waals surface area contributed by atoms with Crippen LogP contribution in [0.5, 0.6) is 0 Å². The zero-order chi connectivity index (χ0) is 17.4. The maximum atomic E-state index is 12.8. The van der Waals surface area contributed by atoms with Crippen LogP contribution in [0.1, 0.15) is 5.56 Å². The van der Waals surface area contributed by atoms with Gasteiger partial charge in [0.25, 0.3) is 6.79 Å². The van der Waals surface area contributed by atoms with Crippen molar-refractivity contribution in [1.82, 2.24) is 24.9 Å². The third-order valence-electron chi connectivity index (χ3n) is 3.57. The fourth-order valence-corrected chi connectivity index (χ4v) is 2.36. The molecule has 4 rings (SSSR count). The predicted molar refractivity (Wildman–Crippen MR) is 80.3 cm³/mol. The quantitative estimate of drug-likeness (QED) is 0.529. The van der Waals surface area contributed by atoms with Crippen molar-refractivity contribution in [2.75, 3.05) is 6.79 Å². The summed E-state index contributed by atoms with van der Waals surface area (Å²) in [5, 5.41) is 8.36. The average molecular weight is 349 g/mol. The second-order valence-electron chi connectivity index (χ2n) is 5.12. The molecule has 0 unspecified atom stereocenters. The van der Waals surface area contributed by atoms with E-state index in [2.05, 4.69) is 15.3 Å². The van der Waals surface area contributed by atoms with Crippen molar-refractivity contribution in [1.29, 1.82) is 0 Å². The predicted octanol–water partition coefficient (Wildman–Crippen LogP) is 2.31. The molecule has 0 aliphatic heterocycles. The van der Waals surface area contributed by atoms with Gasteiger partial charge >= 0.3 is 6.18 Å². The largest absolute Gasteiger partial charge is 0.416 e. The van der Waals surface area contributed by atoms with Crippen LogP contribution >= 0.6 is 0 Å². The number of hydrogen-bond acceptors (Lipinski definition) is 5. The van der Waals surface area contributed by atoms with Gasteiger partial charge < -0.3 is 9.68 Å². The van der Waals surface area contributed by atoms with Gasteiger partial charge in [0.1, 0.15) is 16.6 Å². The van der Waals surface area contributed by atoms with E-state index in [1.54, 1.807) is 18.6 Å². The molecule has 1 aromatic carbocycles. The number of benzene rings is 1. The van der Waals surface area contributed by atoms with Crippen molar-refractivity contribution in [3.8, 4) is 0 Å². The monoisotopic (exact) mass is 349 g/mol. The zero-order valence-corrected chi connectivity index (χ0v) is 12.5. The molecule has 10 heteroatoms. The molecule has 0 amide bonds. The van der Waals surface area contributed by atoms with Gasteiger partial charge in [0.15, 0.2) is 0 Å². The van der Waals surface area contributed by atoms with Gasteiger partial charge in [-0.25, -0.2) is 0 Å². The van der Waals surface area contributed by atoms with Gasteiger partial charge in [-0.1, -0.05) is 4.85 Å². The van der Waals surface area contributed by atoms with Gasteiger partial charge in [-0.3, -0.25) is 4.98 Å². The summed E-state index contributed by atoms with van der Waals surface area (Å²) in [7, 11) is 0. The van der Waals surface area contributed by atoms with Crippen molar-refractivity contribution in [3.63, 3.8) is 0 Å². The molecule has 7 nitrogen and oxygen atoms in total. The molecule has 0 saturated carbocycles. The molecule has 0 radical (unpaired) electrons. The molecule has 4 aromatic rings. The van der Waals surface area contributed by atoms with Crippen molar-refractivity contribution in [2.45, 2.75) is 6.18 Å². The Bertz CT molecular complexity index is 1040. The van der Waals surface area contributed by atoms with E-state index in [0.29, 0.717) is 0 Å². The normalized spacial score (nSPS) is 12.0. The van der Waals surface area contributed by atoms with Crippen molar-refractivity contribution >= 4 is 21.9 Å². The fourth-order valence-electron chi connectivity index (χ4n) is 2.36. The third kappa shape index (κ3) is 2.82. The number of nitrogens with zero attached hydrogens (tertiary/aromatic N) is 5. The number of hydrogen-bond donors (Lipinski definition) is 0. The molecule has 3 heterocycles. The Labute approximate surface area is 138 Å². The highest BCUT2D eigenvalue weighted by Crippen LogP contribution is 2.30. The summed E-state index contributed by atoms with van der Waals surface area (Å²) in [5.74, 6) is 0. The van der Waals surface area contributed by atoms with Crippen LogP contribution in [0, 0.1) is 0 Å². The first-order chi connectivity index (χ1) is 12.0. The summed E-state index contributed by atoms with van der Waals surface area (Å²) in [6, 6.07) is 6.75. The molecule has 3 aromatic heterocycles. The first kappa shape index (κ1) is 15.2. The van der Waals surface area contributed by atoms with Gasteiger partial charge in [0.2, 0.25) is 0 Å². The van der Waals surface area contributed by atoms with Crippen LogP contribution < -0.4 is 9.68 Å². The van der Waals surface area contributed by atoms with Crippen molar-refractivity contribution in [3.05, 3.63) is 54.5 Å². The molecule has 0 fully saturated rings. The van der Waals surface area contributed by atoms with Gasteiger partial charge in [-0.2, -0.15) is 17.9 Å². The van der Waals surface area contributed by atoms with Crippen LogP contribution in [0.15, 0.2) is 48.9 Å². The second-order valence-corrected chi connectivity index (χ2v) is 5.12. The summed E-state index contributed by atoms with van der Waals surface area (Å²) in [6.07, 6.45) is 0.493. The van der Waals surface area contributed by atoms with Crippen LogP contribution in [-0.4, -0.2) is 31.7 Å². The standard InChI is InChI=1S/C15H10F3N5O2/c16-15(17,18)11-1-2-12-13(7-11)23(21-20-12)25-9-24-22-6-4-10-3-5-19-8-14(10)22/h1-8H,9H2. The SMILES string of the molecule is FC(F)(F)c1ccc2nnn(OCOn3ccc4ccncc43)c2c1. The maximum absolute atomic E-state index is 12.8. The van der Waals surface area contributed by atoms with Crippen molar-refractivity contribution in [2.24, 2.45) is 0 Å². The fraction of sp³-hybridized carbons (Fsp3) is 0.133. The minimum absolute atomic E-state index is 0.0949. The summed E-state index contributed by atoms with van der Waals surface area (Å²) in [5.41, 5.74) is 0.297.